The second kappa shape index (κ2) is 5.50. The fourth-order valence-corrected chi connectivity index (χ4v) is 2.89. The summed E-state index contributed by atoms with van der Waals surface area (Å²) in [5.41, 5.74) is 0. The lowest BCUT2D eigenvalue weighted by atomic mass is 9.85. The Hall–Kier alpha value is -0.0800. The maximum Gasteiger partial charge on any atom is 0.0198 e. The molecule has 2 unspecified atom stereocenters. The van der Waals surface area contributed by atoms with Crippen LogP contribution in [0.25, 0.3) is 0 Å². The Morgan fingerprint density at radius 2 is 2.00 bits per heavy atom. The largest absolute Gasteiger partial charge is 0.313 e. The van der Waals surface area contributed by atoms with Gasteiger partial charge < -0.3 is 5.32 Å². The first kappa shape index (κ1) is 12.4. The summed E-state index contributed by atoms with van der Waals surface area (Å²) in [4.78, 5) is 2.75. The number of hydrogen-bond acceptors (Lipinski definition) is 2. The molecular formula is C14H28N2. The average Bonchev–Trinajstić information content (AvgIpc) is 3.09. The Labute approximate surface area is 101 Å². The van der Waals surface area contributed by atoms with Gasteiger partial charge >= 0.3 is 0 Å². The Morgan fingerprint density at radius 3 is 2.56 bits per heavy atom. The maximum absolute atomic E-state index is 3.73. The molecule has 94 valence electrons. The molecule has 0 aromatic carbocycles. The summed E-state index contributed by atoms with van der Waals surface area (Å²) >= 11 is 0. The highest BCUT2D eigenvalue weighted by Gasteiger charge is 2.36. The van der Waals surface area contributed by atoms with Gasteiger partial charge in [0, 0.05) is 25.2 Å². The molecule has 0 radical (unpaired) electrons. The lowest BCUT2D eigenvalue weighted by Gasteiger charge is -2.40. The molecule has 2 rings (SSSR count). The van der Waals surface area contributed by atoms with Crippen molar-refractivity contribution in [3.63, 3.8) is 0 Å². The van der Waals surface area contributed by atoms with Gasteiger partial charge in [-0.1, -0.05) is 20.8 Å². The molecule has 1 saturated heterocycles. The normalized spacial score (nSPS) is 32.2. The zero-order valence-corrected chi connectivity index (χ0v) is 11.2. The van der Waals surface area contributed by atoms with Crippen molar-refractivity contribution in [3.8, 4) is 0 Å². The maximum atomic E-state index is 3.73. The van der Waals surface area contributed by atoms with E-state index < -0.39 is 0 Å². The SMILES string of the molecule is CCCNC1CC(C(C)C)CN(C2CC2)C1. The molecule has 2 heteroatoms. The van der Waals surface area contributed by atoms with Crippen LogP contribution in [0.15, 0.2) is 0 Å². The molecule has 0 amide bonds. The molecule has 0 aromatic rings. The van der Waals surface area contributed by atoms with Crippen molar-refractivity contribution >= 4 is 0 Å². The number of nitrogens with zero attached hydrogens (tertiary/aromatic N) is 1. The molecule has 1 N–H and O–H groups in total. The second-order valence-electron chi connectivity index (χ2n) is 6.08. The number of nitrogens with one attached hydrogen (secondary N) is 1. The minimum Gasteiger partial charge on any atom is -0.313 e. The van der Waals surface area contributed by atoms with Gasteiger partial charge in [0.15, 0.2) is 0 Å². The van der Waals surface area contributed by atoms with Gasteiger partial charge in [0.25, 0.3) is 0 Å². The van der Waals surface area contributed by atoms with E-state index in [2.05, 4.69) is 31.0 Å². The molecule has 1 heterocycles. The van der Waals surface area contributed by atoms with Crippen molar-refractivity contribution in [2.75, 3.05) is 19.6 Å². The number of piperidine rings is 1. The summed E-state index contributed by atoms with van der Waals surface area (Å²) in [5.74, 6) is 1.75. The van der Waals surface area contributed by atoms with E-state index in [1.165, 1.54) is 45.3 Å². The van der Waals surface area contributed by atoms with Crippen molar-refractivity contribution in [2.24, 2.45) is 11.8 Å². The van der Waals surface area contributed by atoms with Gasteiger partial charge in [-0.05, 0) is 44.1 Å². The van der Waals surface area contributed by atoms with Gasteiger partial charge in [0.1, 0.15) is 0 Å². The van der Waals surface area contributed by atoms with E-state index in [0.717, 1.165) is 23.9 Å². The van der Waals surface area contributed by atoms with Gasteiger partial charge in [-0.3, -0.25) is 4.90 Å². The van der Waals surface area contributed by atoms with Crippen LogP contribution in [0.3, 0.4) is 0 Å². The first-order valence-electron chi connectivity index (χ1n) is 7.18. The van der Waals surface area contributed by atoms with Gasteiger partial charge in [-0.2, -0.15) is 0 Å². The lowest BCUT2D eigenvalue weighted by molar-refractivity contribution is 0.109. The zero-order valence-electron chi connectivity index (χ0n) is 11.2. The molecule has 1 aliphatic heterocycles. The molecule has 2 atom stereocenters. The fraction of sp³-hybridized carbons (Fsp3) is 1.00. The minimum absolute atomic E-state index is 0.752. The van der Waals surface area contributed by atoms with Crippen LogP contribution in [0, 0.1) is 11.8 Å². The van der Waals surface area contributed by atoms with E-state index in [9.17, 15) is 0 Å². The molecule has 1 aliphatic carbocycles. The van der Waals surface area contributed by atoms with Gasteiger partial charge in [0.2, 0.25) is 0 Å². The Kier molecular flexibility index (Phi) is 4.26. The summed E-state index contributed by atoms with van der Waals surface area (Å²) in [6.45, 7) is 10.9. The standard InChI is InChI=1S/C14H28N2/c1-4-7-15-13-8-12(11(2)3)9-16(10-13)14-5-6-14/h11-15H,4-10H2,1-3H3. The van der Waals surface area contributed by atoms with Crippen molar-refractivity contribution in [3.05, 3.63) is 0 Å². The highest BCUT2D eigenvalue weighted by atomic mass is 15.2. The monoisotopic (exact) mass is 224 g/mol. The van der Waals surface area contributed by atoms with Gasteiger partial charge in [-0.15, -0.1) is 0 Å². The van der Waals surface area contributed by atoms with Crippen LogP contribution in [0.1, 0.15) is 46.5 Å². The molecular weight excluding hydrogens is 196 g/mol. The number of rotatable bonds is 5. The predicted molar refractivity (Wildman–Crippen MR) is 69.6 cm³/mol. The summed E-state index contributed by atoms with van der Waals surface area (Å²) in [7, 11) is 0. The zero-order chi connectivity index (χ0) is 11.5. The Balaban J connectivity index is 1.87. The molecule has 2 nitrogen and oxygen atoms in total. The molecule has 16 heavy (non-hydrogen) atoms. The van der Waals surface area contributed by atoms with Gasteiger partial charge in [-0.25, -0.2) is 0 Å². The highest BCUT2D eigenvalue weighted by molar-refractivity contribution is 4.92. The van der Waals surface area contributed by atoms with E-state index >= 15 is 0 Å². The molecule has 1 saturated carbocycles. The third kappa shape index (κ3) is 3.21. The van der Waals surface area contributed by atoms with Crippen LogP contribution >= 0.6 is 0 Å². The predicted octanol–water partition coefficient (Wildman–Crippen LogP) is 2.49. The minimum atomic E-state index is 0.752. The van der Waals surface area contributed by atoms with Crippen LogP contribution in [0.2, 0.25) is 0 Å². The molecule has 0 spiro atoms. The van der Waals surface area contributed by atoms with Crippen LogP contribution < -0.4 is 5.32 Å². The number of likely N-dealkylation sites (tertiary alicyclic amines) is 1. The van der Waals surface area contributed by atoms with E-state index in [1.807, 2.05) is 0 Å². The summed E-state index contributed by atoms with van der Waals surface area (Å²) in [5, 5.41) is 3.73. The van der Waals surface area contributed by atoms with Crippen molar-refractivity contribution < 1.29 is 0 Å². The highest BCUT2D eigenvalue weighted by Crippen LogP contribution is 2.33. The third-order valence-electron chi connectivity index (χ3n) is 4.20. The Bertz CT molecular complexity index is 201. The summed E-state index contributed by atoms with van der Waals surface area (Å²) < 4.78 is 0. The quantitative estimate of drug-likeness (QED) is 0.772. The first-order valence-corrected chi connectivity index (χ1v) is 7.18. The van der Waals surface area contributed by atoms with Crippen molar-refractivity contribution in [1.82, 2.24) is 10.2 Å². The number of hydrogen-bond donors (Lipinski definition) is 1. The van der Waals surface area contributed by atoms with Crippen LogP contribution in [-0.2, 0) is 0 Å². The first-order chi connectivity index (χ1) is 7.70. The van der Waals surface area contributed by atoms with E-state index in [-0.39, 0.29) is 0 Å². The van der Waals surface area contributed by atoms with Gasteiger partial charge in [0.05, 0.1) is 0 Å². The van der Waals surface area contributed by atoms with E-state index in [1.54, 1.807) is 0 Å². The molecule has 0 aromatic heterocycles. The van der Waals surface area contributed by atoms with E-state index in [0.29, 0.717) is 0 Å². The summed E-state index contributed by atoms with van der Waals surface area (Å²) in [6.07, 6.45) is 5.55. The Morgan fingerprint density at radius 1 is 1.25 bits per heavy atom. The topological polar surface area (TPSA) is 15.3 Å². The van der Waals surface area contributed by atoms with Crippen LogP contribution in [0.4, 0.5) is 0 Å². The molecule has 2 aliphatic rings. The molecule has 2 fully saturated rings. The van der Waals surface area contributed by atoms with Crippen LogP contribution in [-0.4, -0.2) is 36.6 Å². The van der Waals surface area contributed by atoms with Crippen molar-refractivity contribution in [2.45, 2.75) is 58.5 Å². The average molecular weight is 224 g/mol. The summed E-state index contributed by atoms with van der Waals surface area (Å²) in [6, 6.07) is 1.69. The van der Waals surface area contributed by atoms with E-state index in [4.69, 9.17) is 0 Å². The smallest absolute Gasteiger partial charge is 0.0198 e. The fourth-order valence-electron chi connectivity index (χ4n) is 2.89. The third-order valence-corrected chi connectivity index (χ3v) is 4.20. The van der Waals surface area contributed by atoms with Crippen LogP contribution in [0.5, 0.6) is 0 Å². The second-order valence-corrected chi connectivity index (χ2v) is 6.08. The van der Waals surface area contributed by atoms with Crippen molar-refractivity contribution in [1.29, 1.82) is 0 Å². The lowest BCUT2D eigenvalue weighted by Crippen LogP contribution is -2.51. The molecule has 0 bridgehead atoms.